The molecule has 0 aliphatic heterocycles. The first kappa shape index (κ1) is 20.8. The first-order chi connectivity index (χ1) is 12.3. The summed E-state index contributed by atoms with van der Waals surface area (Å²) in [5.74, 6) is 1.39. The summed E-state index contributed by atoms with van der Waals surface area (Å²) in [5, 5.41) is 9.61. The molecule has 0 unspecified atom stereocenters. The van der Waals surface area contributed by atoms with Crippen LogP contribution in [0.2, 0.25) is 0 Å². The van der Waals surface area contributed by atoms with Crippen molar-refractivity contribution in [1.29, 1.82) is 0 Å². The maximum absolute atomic E-state index is 5.53. The van der Waals surface area contributed by atoms with Crippen LogP contribution in [0.3, 0.4) is 0 Å². The third-order valence-electron chi connectivity index (χ3n) is 3.38. The first-order valence-corrected chi connectivity index (χ1v) is 9.92. The standard InChI is InChI=1S/C17H21N5OS2.HI/c1-3-13-9-19-15(25-13)10-21-17(18-4-2)20-8-12-11-23-16(22-12)14-6-5-7-24-14;/h5-7,9,11H,3-4,8,10H2,1-2H3,(H2,18,20,21);1H. The molecule has 3 heterocycles. The molecule has 0 amide bonds. The highest BCUT2D eigenvalue weighted by Crippen LogP contribution is 2.23. The number of rotatable bonds is 7. The van der Waals surface area contributed by atoms with Gasteiger partial charge in [-0.05, 0) is 24.8 Å². The number of nitrogens with one attached hydrogen (secondary N) is 2. The van der Waals surface area contributed by atoms with Crippen molar-refractivity contribution in [3.05, 3.63) is 45.6 Å². The molecule has 0 aromatic carbocycles. The van der Waals surface area contributed by atoms with Crippen LogP contribution < -0.4 is 10.6 Å². The molecule has 0 aliphatic carbocycles. The Labute approximate surface area is 178 Å². The Hall–Kier alpha value is -1.46. The summed E-state index contributed by atoms with van der Waals surface area (Å²) in [6.07, 6.45) is 4.62. The van der Waals surface area contributed by atoms with E-state index in [1.165, 1.54) is 4.88 Å². The predicted molar refractivity (Wildman–Crippen MR) is 118 cm³/mol. The fourth-order valence-electron chi connectivity index (χ4n) is 2.15. The van der Waals surface area contributed by atoms with Crippen LogP contribution in [0.25, 0.3) is 10.8 Å². The number of aryl methyl sites for hydroxylation is 1. The largest absolute Gasteiger partial charge is 0.443 e. The Kier molecular flexibility index (Phi) is 8.52. The Bertz CT molecular complexity index is 813. The van der Waals surface area contributed by atoms with E-state index in [0.29, 0.717) is 19.0 Å². The molecule has 0 spiro atoms. The minimum atomic E-state index is 0. The molecule has 0 fully saturated rings. The van der Waals surface area contributed by atoms with Crippen molar-refractivity contribution in [3.8, 4) is 10.8 Å². The highest BCUT2D eigenvalue weighted by atomic mass is 127. The fraction of sp³-hybridized carbons (Fsp3) is 0.353. The van der Waals surface area contributed by atoms with Crippen molar-refractivity contribution in [2.24, 2.45) is 4.99 Å². The molecule has 0 bridgehead atoms. The van der Waals surface area contributed by atoms with Gasteiger partial charge in [0, 0.05) is 17.6 Å². The number of oxazole rings is 1. The molecule has 140 valence electrons. The average molecular weight is 503 g/mol. The van der Waals surface area contributed by atoms with Crippen molar-refractivity contribution in [2.45, 2.75) is 33.4 Å². The second-order valence-electron chi connectivity index (χ2n) is 5.24. The van der Waals surface area contributed by atoms with Crippen LogP contribution in [-0.2, 0) is 19.5 Å². The molecule has 0 saturated heterocycles. The molecule has 6 nitrogen and oxygen atoms in total. The van der Waals surface area contributed by atoms with Gasteiger partial charge in [-0.2, -0.15) is 0 Å². The highest BCUT2D eigenvalue weighted by Gasteiger charge is 2.08. The van der Waals surface area contributed by atoms with Gasteiger partial charge < -0.3 is 15.1 Å². The lowest BCUT2D eigenvalue weighted by atomic mass is 10.4. The van der Waals surface area contributed by atoms with Gasteiger partial charge in [0.2, 0.25) is 5.89 Å². The van der Waals surface area contributed by atoms with Crippen LogP contribution in [0.5, 0.6) is 0 Å². The molecule has 0 radical (unpaired) electrons. The highest BCUT2D eigenvalue weighted by molar-refractivity contribution is 14.0. The van der Waals surface area contributed by atoms with Crippen molar-refractivity contribution in [1.82, 2.24) is 20.6 Å². The summed E-state index contributed by atoms with van der Waals surface area (Å²) >= 11 is 3.34. The number of nitrogens with zero attached hydrogens (tertiary/aromatic N) is 3. The summed E-state index contributed by atoms with van der Waals surface area (Å²) < 4.78 is 5.53. The molecular formula is C17H22IN5OS2. The Morgan fingerprint density at radius 1 is 1.31 bits per heavy atom. The van der Waals surface area contributed by atoms with Crippen LogP contribution in [-0.4, -0.2) is 22.5 Å². The van der Waals surface area contributed by atoms with E-state index < -0.39 is 0 Å². The minimum Gasteiger partial charge on any atom is -0.443 e. The lowest BCUT2D eigenvalue weighted by Gasteiger charge is -2.09. The summed E-state index contributed by atoms with van der Waals surface area (Å²) in [6.45, 7) is 6.10. The Morgan fingerprint density at radius 3 is 2.88 bits per heavy atom. The van der Waals surface area contributed by atoms with E-state index in [4.69, 9.17) is 4.42 Å². The van der Waals surface area contributed by atoms with E-state index in [9.17, 15) is 0 Å². The third-order valence-corrected chi connectivity index (χ3v) is 5.38. The van der Waals surface area contributed by atoms with Crippen LogP contribution in [0, 0.1) is 0 Å². The van der Waals surface area contributed by atoms with E-state index in [2.05, 4.69) is 32.5 Å². The quantitative estimate of drug-likeness (QED) is 0.286. The van der Waals surface area contributed by atoms with Gasteiger partial charge >= 0.3 is 0 Å². The number of hydrogen-bond acceptors (Lipinski definition) is 6. The van der Waals surface area contributed by atoms with Crippen LogP contribution in [0.1, 0.15) is 29.4 Å². The van der Waals surface area contributed by atoms with Gasteiger partial charge in [0.25, 0.3) is 0 Å². The molecule has 0 saturated carbocycles. The van der Waals surface area contributed by atoms with E-state index in [1.54, 1.807) is 28.9 Å². The Morgan fingerprint density at radius 2 is 2.19 bits per heavy atom. The lowest BCUT2D eigenvalue weighted by molar-refractivity contribution is 0.574. The molecule has 9 heteroatoms. The van der Waals surface area contributed by atoms with E-state index in [1.807, 2.05) is 30.6 Å². The molecule has 3 aromatic rings. The zero-order chi connectivity index (χ0) is 17.5. The van der Waals surface area contributed by atoms with Gasteiger partial charge in [0.05, 0.1) is 18.0 Å². The van der Waals surface area contributed by atoms with Gasteiger partial charge in [0.1, 0.15) is 17.0 Å². The molecule has 3 aromatic heterocycles. The van der Waals surface area contributed by atoms with Gasteiger partial charge in [-0.25, -0.2) is 15.0 Å². The van der Waals surface area contributed by atoms with Gasteiger partial charge in [0.15, 0.2) is 5.96 Å². The molecule has 0 aliphatic rings. The fourth-order valence-corrected chi connectivity index (χ4v) is 3.60. The number of hydrogen-bond donors (Lipinski definition) is 2. The van der Waals surface area contributed by atoms with Crippen LogP contribution >= 0.6 is 46.7 Å². The lowest BCUT2D eigenvalue weighted by Crippen LogP contribution is -2.36. The molecule has 2 N–H and O–H groups in total. The van der Waals surface area contributed by atoms with E-state index >= 15 is 0 Å². The predicted octanol–water partition coefficient (Wildman–Crippen LogP) is 4.30. The zero-order valence-corrected chi connectivity index (χ0v) is 18.7. The number of thiophene rings is 1. The van der Waals surface area contributed by atoms with Crippen molar-refractivity contribution < 1.29 is 4.42 Å². The van der Waals surface area contributed by atoms with Crippen LogP contribution in [0.4, 0.5) is 0 Å². The summed E-state index contributed by atoms with van der Waals surface area (Å²) in [4.78, 5) is 15.8. The maximum atomic E-state index is 5.53. The van der Waals surface area contributed by atoms with Crippen molar-refractivity contribution in [2.75, 3.05) is 6.54 Å². The van der Waals surface area contributed by atoms with Gasteiger partial charge in [-0.3, -0.25) is 0 Å². The number of aromatic nitrogens is 2. The van der Waals surface area contributed by atoms with Gasteiger partial charge in [-0.15, -0.1) is 46.7 Å². The van der Waals surface area contributed by atoms with Crippen LogP contribution in [0.15, 0.2) is 39.4 Å². The topological polar surface area (TPSA) is 75.3 Å². The smallest absolute Gasteiger partial charge is 0.236 e. The summed E-state index contributed by atoms with van der Waals surface area (Å²) in [6, 6.07) is 3.98. The first-order valence-electron chi connectivity index (χ1n) is 8.22. The van der Waals surface area contributed by atoms with Gasteiger partial charge in [-0.1, -0.05) is 13.0 Å². The third kappa shape index (κ3) is 5.78. The zero-order valence-electron chi connectivity index (χ0n) is 14.7. The van der Waals surface area contributed by atoms with Crippen molar-refractivity contribution in [3.63, 3.8) is 0 Å². The van der Waals surface area contributed by atoms with Crippen molar-refractivity contribution >= 4 is 52.6 Å². The number of halogens is 1. The SMILES string of the molecule is CCNC(=NCc1coc(-c2cccs2)n1)NCc1ncc(CC)s1.I. The molecule has 0 atom stereocenters. The maximum Gasteiger partial charge on any atom is 0.236 e. The van der Waals surface area contributed by atoms with E-state index in [-0.39, 0.29) is 24.0 Å². The monoisotopic (exact) mass is 503 g/mol. The van der Waals surface area contributed by atoms with E-state index in [0.717, 1.165) is 34.5 Å². The normalized spacial score (nSPS) is 11.2. The second-order valence-corrected chi connectivity index (χ2v) is 7.39. The minimum absolute atomic E-state index is 0. The average Bonchev–Trinajstić information content (AvgIpc) is 3.38. The molecular weight excluding hydrogens is 481 g/mol. The second kappa shape index (κ2) is 10.6. The Balaban J connectivity index is 0.00000243. The molecule has 3 rings (SSSR count). The molecule has 26 heavy (non-hydrogen) atoms. The number of guanidine groups is 1. The summed E-state index contributed by atoms with van der Waals surface area (Å²) in [5.41, 5.74) is 0.808. The number of aliphatic imine (C=N–C) groups is 1. The number of thiazole rings is 1. The summed E-state index contributed by atoms with van der Waals surface area (Å²) in [7, 11) is 0.